The number of nitrogens with one attached hydrogen (secondary N) is 1. The maximum Gasteiger partial charge on any atom is 0.0233 e. The van der Waals surface area contributed by atoms with Gasteiger partial charge in [0.25, 0.3) is 0 Å². The van der Waals surface area contributed by atoms with Crippen LogP contribution in [0, 0.1) is 6.92 Å². The SMILES string of the molecule is Cc1cccc(CN2CCCNC(C)CC2)c1. The van der Waals surface area contributed by atoms with Crippen LogP contribution in [0.2, 0.25) is 0 Å². The van der Waals surface area contributed by atoms with Crippen LogP contribution in [0.3, 0.4) is 0 Å². The third kappa shape index (κ3) is 4.14. The Morgan fingerprint density at radius 1 is 1.35 bits per heavy atom. The molecule has 1 N–H and O–H groups in total. The quantitative estimate of drug-likeness (QED) is 0.843. The zero-order chi connectivity index (χ0) is 12.1. The van der Waals surface area contributed by atoms with Gasteiger partial charge < -0.3 is 5.32 Å². The fourth-order valence-corrected chi connectivity index (χ4v) is 2.47. The van der Waals surface area contributed by atoms with Crippen molar-refractivity contribution >= 4 is 0 Å². The Hall–Kier alpha value is -0.860. The molecule has 1 fully saturated rings. The lowest BCUT2D eigenvalue weighted by Gasteiger charge is -2.27. The lowest BCUT2D eigenvalue weighted by Crippen LogP contribution is -2.38. The number of benzene rings is 1. The first-order valence-electron chi connectivity index (χ1n) is 6.75. The molecule has 1 aromatic carbocycles. The fraction of sp³-hybridized carbons (Fsp3) is 0.600. The van der Waals surface area contributed by atoms with E-state index < -0.39 is 0 Å². The third-order valence-electron chi connectivity index (χ3n) is 3.51. The van der Waals surface area contributed by atoms with Crippen LogP contribution in [-0.4, -0.2) is 30.6 Å². The zero-order valence-corrected chi connectivity index (χ0v) is 11.1. The first-order chi connectivity index (χ1) is 8.24. The van der Waals surface area contributed by atoms with E-state index in [0.717, 1.165) is 13.1 Å². The van der Waals surface area contributed by atoms with Crippen LogP contribution >= 0.6 is 0 Å². The van der Waals surface area contributed by atoms with E-state index in [-0.39, 0.29) is 0 Å². The molecule has 0 radical (unpaired) electrons. The molecule has 1 aliphatic heterocycles. The highest BCUT2D eigenvalue weighted by molar-refractivity contribution is 5.22. The van der Waals surface area contributed by atoms with Gasteiger partial charge in [-0.1, -0.05) is 29.8 Å². The van der Waals surface area contributed by atoms with Crippen molar-refractivity contribution in [1.29, 1.82) is 0 Å². The number of hydrogen-bond donors (Lipinski definition) is 1. The van der Waals surface area contributed by atoms with Crippen molar-refractivity contribution in [2.75, 3.05) is 19.6 Å². The second kappa shape index (κ2) is 6.18. The van der Waals surface area contributed by atoms with Gasteiger partial charge >= 0.3 is 0 Å². The summed E-state index contributed by atoms with van der Waals surface area (Å²) in [6, 6.07) is 9.55. The summed E-state index contributed by atoms with van der Waals surface area (Å²) in [5.74, 6) is 0. The van der Waals surface area contributed by atoms with Crippen LogP contribution in [0.5, 0.6) is 0 Å². The lowest BCUT2D eigenvalue weighted by molar-refractivity contribution is 0.229. The van der Waals surface area contributed by atoms with Gasteiger partial charge in [-0.15, -0.1) is 0 Å². The molecule has 2 nitrogen and oxygen atoms in total. The number of hydrogen-bond acceptors (Lipinski definition) is 2. The third-order valence-corrected chi connectivity index (χ3v) is 3.51. The van der Waals surface area contributed by atoms with E-state index in [4.69, 9.17) is 0 Å². The summed E-state index contributed by atoms with van der Waals surface area (Å²) in [6.07, 6.45) is 2.52. The van der Waals surface area contributed by atoms with Gasteiger partial charge in [-0.2, -0.15) is 0 Å². The molecule has 1 saturated heterocycles. The summed E-state index contributed by atoms with van der Waals surface area (Å²) in [5.41, 5.74) is 2.82. The van der Waals surface area contributed by atoms with Crippen molar-refractivity contribution < 1.29 is 0 Å². The Morgan fingerprint density at radius 2 is 2.24 bits per heavy atom. The highest BCUT2D eigenvalue weighted by Crippen LogP contribution is 2.10. The van der Waals surface area contributed by atoms with E-state index in [9.17, 15) is 0 Å². The second-order valence-electron chi connectivity index (χ2n) is 5.26. The molecule has 0 amide bonds. The molecule has 0 aliphatic carbocycles. The highest BCUT2D eigenvalue weighted by Gasteiger charge is 2.11. The normalized spacial score (nSPS) is 23.1. The summed E-state index contributed by atoms with van der Waals surface area (Å²) in [4.78, 5) is 2.59. The maximum absolute atomic E-state index is 3.55. The molecule has 1 atom stereocenters. The largest absolute Gasteiger partial charge is 0.314 e. The molecule has 0 aromatic heterocycles. The van der Waals surface area contributed by atoms with Gasteiger partial charge in [-0.25, -0.2) is 0 Å². The number of nitrogens with zero attached hydrogens (tertiary/aromatic N) is 1. The number of aryl methyl sites for hydroxylation is 1. The Balaban J connectivity index is 1.92. The van der Waals surface area contributed by atoms with E-state index in [1.54, 1.807) is 0 Å². The van der Waals surface area contributed by atoms with Crippen LogP contribution in [0.25, 0.3) is 0 Å². The standard InChI is InChI=1S/C15H24N2/c1-13-5-3-6-15(11-13)12-17-9-4-8-16-14(2)7-10-17/h3,5-6,11,14,16H,4,7-10,12H2,1-2H3. The number of rotatable bonds is 2. The molecule has 17 heavy (non-hydrogen) atoms. The van der Waals surface area contributed by atoms with E-state index in [2.05, 4.69) is 48.3 Å². The predicted molar refractivity (Wildman–Crippen MR) is 73.2 cm³/mol. The van der Waals surface area contributed by atoms with Crippen LogP contribution in [0.1, 0.15) is 30.9 Å². The van der Waals surface area contributed by atoms with Crippen molar-refractivity contribution in [3.05, 3.63) is 35.4 Å². The molecule has 0 bridgehead atoms. The molecule has 2 rings (SSSR count). The monoisotopic (exact) mass is 232 g/mol. The Labute approximate surface area is 105 Å². The average molecular weight is 232 g/mol. The molecular formula is C15H24N2. The Morgan fingerprint density at radius 3 is 3.06 bits per heavy atom. The molecule has 0 spiro atoms. The molecule has 94 valence electrons. The van der Waals surface area contributed by atoms with Gasteiger partial charge in [0.05, 0.1) is 0 Å². The van der Waals surface area contributed by atoms with Crippen molar-refractivity contribution in [3.63, 3.8) is 0 Å². The Kier molecular flexibility index (Phi) is 4.57. The van der Waals surface area contributed by atoms with Gasteiger partial charge in [-0.3, -0.25) is 4.90 Å². The zero-order valence-electron chi connectivity index (χ0n) is 11.1. The Bertz CT molecular complexity index is 349. The molecule has 1 aromatic rings. The van der Waals surface area contributed by atoms with Gasteiger partial charge in [0.15, 0.2) is 0 Å². The van der Waals surface area contributed by atoms with E-state index in [1.807, 2.05) is 0 Å². The van der Waals surface area contributed by atoms with Crippen LogP contribution in [0.4, 0.5) is 0 Å². The van der Waals surface area contributed by atoms with Crippen LogP contribution < -0.4 is 5.32 Å². The minimum Gasteiger partial charge on any atom is -0.314 e. The summed E-state index contributed by atoms with van der Waals surface area (Å²) in [5, 5.41) is 3.55. The molecule has 1 unspecified atom stereocenters. The molecule has 1 aliphatic rings. The van der Waals surface area contributed by atoms with E-state index in [1.165, 1.54) is 37.1 Å². The van der Waals surface area contributed by atoms with Crippen molar-refractivity contribution in [2.24, 2.45) is 0 Å². The van der Waals surface area contributed by atoms with Crippen molar-refractivity contribution in [2.45, 2.75) is 39.3 Å². The van der Waals surface area contributed by atoms with Crippen molar-refractivity contribution in [3.8, 4) is 0 Å². The summed E-state index contributed by atoms with van der Waals surface area (Å²) in [6.45, 7) is 9.15. The van der Waals surface area contributed by atoms with Gasteiger partial charge in [0.2, 0.25) is 0 Å². The molecular weight excluding hydrogens is 208 g/mol. The van der Waals surface area contributed by atoms with Gasteiger partial charge in [0, 0.05) is 12.6 Å². The van der Waals surface area contributed by atoms with Crippen LogP contribution in [-0.2, 0) is 6.54 Å². The van der Waals surface area contributed by atoms with Gasteiger partial charge in [-0.05, 0) is 51.9 Å². The minimum atomic E-state index is 0.662. The summed E-state index contributed by atoms with van der Waals surface area (Å²) < 4.78 is 0. The van der Waals surface area contributed by atoms with E-state index in [0.29, 0.717) is 6.04 Å². The maximum atomic E-state index is 3.55. The second-order valence-corrected chi connectivity index (χ2v) is 5.26. The molecule has 0 saturated carbocycles. The average Bonchev–Trinajstić information content (AvgIpc) is 2.28. The lowest BCUT2D eigenvalue weighted by atomic mass is 10.1. The first-order valence-corrected chi connectivity index (χ1v) is 6.75. The van der Waals surface area contributed by atoms with Gasteiger partial charge in [0.1, 0.15) is 0 Å². The minimum absolute atomic E-state index is 0.662. The van der Waals surface area contributed by atoms with Crippen molar-refractivity contribution in [1.82, 2.24) is 10.2 Å². The summed E-state index contributed by atoms with van der Waals surface area (Å²) >= 11 is 0. The topological polar surface area (TPSA) is 15.3 Å². The van der Waals surface area contributed by atoms with Crippen LogP contribution in [0.15, 0.2) is 24.3 Å². The highest BCUT2D eigenvalue weighted by atomic mass is 15.1. The first kappa shape index (κ1) is 12.6. The van der Waals surface area contributed by atoms with E-state index >= 15 is 0 Å². The molecule has 2 heteroatoms. The fourth-order valence-electron chi connectivity index (χ4n) is 2.47. The predicted octanol–water partition coefficient (Wildman–Crippen LogP) is 2.57. The molecule has 1 heterocycles. The summed E-state index contributed by atoms with van der Waals surface area (Å²) in [7, 11) is 0. The smallest absolute Gasteiger partial charge is 0.0233 e.